The highest BCUT2D eigenvalue weighted by Crippen LogP contribution is 2.38. The first-order valence-electron chi connectivity index (χ1n) is 10.1. The molecule has 8 heteroatoms. The van der Waals surface area contributed by atoms with Gasteiger partial charge in [0.15, 0.2) is 0 Å². The summed E-state index contributed by atoms with van der Waals surface area (Å²) in [6.07, 6.45) is 7.57. The number of hydrogen-bond donors (Lipinski definition) is 0. The molecule has 2 fully saturated rings. The van der Waals surface area contributed by atoms with E-state index in [1.54, 1.807) is 29.3 Å². The molecule has 0 spiro atoms. The molecule has 5 nitrogen and oxygen atoms in total. The number of thioether (sulfide) groups is 1. The third kappa shape index (κ3) is 3.95. The quantitative estimate of drug-likeness (QED) is 0.307. The van der Waals surface area contributed by atoms with Crippen molar-refractivity contribution in [3.63, 3.8) is 0 Å². The van der Waals surface area contributed by atoms with Crippen molar-refractivity contribution in [2.75, 3.05) is 0 Å². The van der Waals surface area contributed by atoms with E-state index in [2.05, 4.69) is 0 Å². The van der Waals surface area contributed by atoms with Crippen LogP contribution in [0, 0.1) is 0 Å². The van der Waals surface area contributed by atoms with Gasteiger partial charge in [-0.15, -0.1) is 0 Å². The highest BCUT2D eigenvalue weighted by Gasteiger charge is 2.38. The van der Waals surface area contributed by atoms with E-state index >= 15 is 0 Å². The first-order valence-corrected chi connectivity index (χ1v) is 12.2. The molecule has 3 heterocycles. The molecule has 1 saturated carbocycles. The fourth-order valence-corrected chi connectivity index (χ4v) is 6.27. The Bertz CT molecular complexity index is 1260. The third-order valence-electron chi connectivity index (χ3n) is 5.48. The number of hydrogen-bond acceptors (Lipinski definition) is 6. The molecule has 2 aromatic heterocycles. The molecule has 0 N–H and O–H groups in total. The van der Waals surface area contributed by atoms with Gasteiger partial charge in [0.25, 0.3) is 11.5 Å². The Hall–Kier alpha value is -2.42. The molecule has 3 aromatic rings. The molecule has 2 aliphatic rings. The second-order valence-corrected chi connectivity index (χ2v) is 10.2. The molecule has 0 atom stereocenters. The van der Waals surface area contributed by atoms with Gasteiger partial charge >= 0.3 is 0 Å². The van der Waals surface area contributed by atoms with Gasteiger partial charge in [0.2, 0.25) is 0 Å². The zero-order valence-corrected chi connectivity index (χ0v) is 19.0. The van der Waals surface area contributed by atoms with Crippen LogP contribution in [-0.4, -0.2) is 30.6 Å². The van der Waals surface area contributed by atoms with E-state index in [1.807, 2.05) is 36.4 Å². The lowest BCUT2D eigenvalue weighted by Crippen LogP contribution is -2.36. The summed E-state index contributed by atoms with van der Waals surface area (Å²) in [5.41, 5.74) is 0.779. The third-order valence-corrected chi connectivity index (χ3v) is 7.82. The molecular formula is C23H19N3O2S3. The second-order valence-electron chi connectivity index (χ2n) is 7.47. The molecule has 1 aliphatic heterocycles. The maximum absolute atomic E-state index is 13.4. The Balaban J connectivity index is 1.60. The Labute approximate surface area is 193 Å². The number of benzene rings is 1. The number of carbonyl (C=O) groups is 1. The second kappa shape index (κ2) is 8.61. The molecular weight excluding hydrogens is 446 g/mol. The minimum atomic E-state index is -0.199. The largest absolute Gasteiger partial charge is 0.290 e. The lowest BCUT2D eigenvalue weighted by Gasteiger charge is -2.21. The Morgan fingerprint density at radius 2 is 1.81 bits per heavy atom. The fourth-order valence-electron chi connectivity index (χ4n) is 3.97. The van der Waals surface area contributed by atoms with Crippen LogP contribution in [-0.2, 0) is 4.79 Å². The van der Waals surface area contributed by atoms with Gasteiger partial charge in [-0.2, -0.15) is 0 Å². The minimum absolute atomic E-state index is 0.102. The van der Waals surface area contributed by atoms with E-state index in [-0.39, 0.29) is 17.5 Å². The highest BCUT2D eigenvalue weighted by molar-refractivity contribution is 8.26. The van der Waals surface area contributed by atoms with E-state index in [4.69, 9.17) is 17.2 Å². The van der Waals surface area contributed by atoms with Crippen LogP contribution < -0.4 is 5.56 Å². The summed E-state index contributed by atoms with van der Waals surface area (Å²) in [7, 11) is 0. The van der Waals surface area contributed by atoms with Crippen molar-refractivity contribution in [1.29, 1.82) is 0 Å². The predicted molar refractivity (Wildman–Crippen MR) is 129 cm³/mol. The van der Waals surface area contributed by atoms with Crippen LogP contribution in [0.5, 0.6) is 0 Å². The van der Waals surface area contributed by atoms with Gasteiger partial charge in [0.05, 0.1) is 10.5 Å². The van der Waals surface area contributed by atoms with Crippen LogP contribution >= 0.6 is 35.7 Å². The highest BCUT2D eigenvalue weighted by atomic mass is 32.2. The van der Waals surface area contributed by atoms with Crippen molar-refractivity contribution in [2.24, 2.45) is 0 Å². The van der Waals surface area contributed by atoms with E-state index in [1.165, 1.54) is 27.9 Å². The average molecular weight is 466 g/mol. The zero-order valence-electron chi connectivity index (χ0n) is 16.6. The van der Waals surface area contributed by atoms with Crippen molar-refractivity contribution in [2.45, 2.75) is 41.6 Å². The Morgan fingerprint density at radius 1 is 1.06 bits per heavy atom. The number of rotatable bonds is 4. The van der Waals surface area contributed by atoms with Crippen molar-refractivity contribution >= 4 is 57.7 Å². The van der Waals surface area contributed by atoms with Gasteiger partial charge in [-0.3, -0.25) is 18.9 Å². The van der Waals surface area contributed by atoms with E-state index in [9.17, 15) is 9.59 Å². The summed E-state index contributed by atoms with van der Waals surface area (Å²) in [6, 6.07) is 15.4. The number of aromatic nitrogens is 2. The SMILES string of the molecule is O=C1C(=Cc2c(Sc3ccccc3)nc3ccccn3c2=O)SC(=S)N1C1CCCC1. The van der Waals surface area contributed by atoms with E-state index in [0.717, 1.165) is 30.6 Å². The summed E-state index contributed by atoms with van der Waals surface area (Å²) in [4.78, 5) is 34.5. The van der Waals surface area contributed by atoms with Crippen LogP contribution in [0.2, 0.25) is 0 Å². The van der Waals surface area contributed by atoms with Crippen LogP contribution in [0.3, 0.4) is 0 Å². The Morgan fingerprint density at radius 3 is 2.58 bits per heavy atom. The van der Waals surface area contributed by atoms with Gasteiger partial charge in [-0.1, -0.05) is 72.8 Å². The lowest BCUT2D eigenvalue weighted by atomic mass is 10.2. The predicted octanol–water partition coefficient (Wildman–Crippen LogP) is 4.99. The van der Waals surface area contributed by atoms with Gasteiger partial charge in [0, 0.05) is 17.1 Å². The van der Waals surface area contributed by atoms with Crippen LogP contribution in [0.15, 0.2) is 74.3 Å². The van der Waals surface area contributed by atoms with E-state index < -0.39 is 0 Å². The molecule has 1 amide bonds. The summed E-state index contributed by atoms with van der Waals surface area (Å²) in [6.45, 7) is 0. The smallest absolute Gasteiger partial charge is 0.266 e. The van der Waals surface area contributed by atoms with Crippen molar-refractivity contribution in [1.82, 2.24) is 14.3 Å². The number of thiocarbonyl (C=S) groups is 1. The molecule has 0 bridgehead atoms. The van der Waals surface area contributed by atoms with Crippen LogP contribution in [0.4, 0.5) is 0 Å². The standard InChI is InChI=1S/C23H19N3O2S3/c27-21-17(14-18-22(28)26(23(29)31-18)15-8-4-5-9-15)20(30-16-10-2-1-3-11-16)24-19-12-6-7-13-25(19)21/h1-3,6-7,10-15H,4-5,8-9H2. The molecule has 0 radical (unpaired) electrons. The number of amides is 1. The molecule has 31 heavy (non-hydrogen) atoms. The number of pyridine rings is 1. The zero-order chi connectivity index (χ0) is 21.4. The van der Waals surface area contributed by atoms with Gasteiger partial charge in [0.1, 0.15) is 15.0 Å². The molecule has 0 unspecified atom stereocenters. The first-order chi connectivity index (χ1) is 15.1. The van der Waals surface area contributed by atoms with E-state index in [0.29, 0.717) is 25.5 Å². The molecule has 1 aliphatic carbocycles. The summed E-state index contributed by atoms with van der Waals surface area (Å²) >= 11 is 8.21. The monoisotopic (exact) mass is 465 g/mol. The molecule has 156 valence electrons. The minimum Gasteiger partial charge on any atom is -0.290 e. The van der Waals surface area contributed by atoms with Crippen molar-refractivity contribution < 1.29 is 4.79 Å². The lowest BCUT2D eigenvalue weighted by molar-refractivity contribution is -0.123. The Kier molecular flexibility index (Phi) is 5.69. The topological polar surface area (TPSA) is 54.7 Å². The van der Waals surface area contributed by atoms with Gasteiger partial charge < -0.3 is 0 Å². The molecule has 5 rings (SSSR count). The van der Waals surface area contributed by atoms with Crippen molar-refractivity contribution in [3.05, 3.63) is 75.6 Å². The molecule has 1 saturated heterocycles. The fraction of sp³-hybridized carbons (Fsp3) is 0.217. The summed E-state index contributed by atoms with van der Waals surface area (Å²) in [5.74, 6) is -0.102. The summed E-state index contributed by atoms with van der Waals surface area (Å²) < 4.78 is 2.09. The van der Waals surface area contributed by atoms with Gasteiger partial charge in [-0.05, 0) is 43.2 Å². The normalized spacial score (nSPS) is 18.6. The molecule has 1 aromatic carbocycles. The first kappa shape index (κ1) is 20.5. The average Bonchev–Trinajstić information content (AvgIpc) is 3.39. The van der Waals surface area contributed by atoms with Crippen LogP contribution in [0.25, 0.3) is 11.7 Å². The van der Waals surface area contributed by atoms with Crippen molar-refractivity contribution in [3.8, 4) is 0 Å². The maximum atomic E-state index is 13.4. The number of fused-ring (bicyclic) bond motifs is 1. The number of carbonyl (C=O) groups excluding carboxylic acids is 1. The number of nitrogens with zero attached hydrogens (tertiary/aromatic N) is 3. The van der Waals surface area contributed by atoms with Crippen LogP contribution in [0.1, 0.15) is 31.2 Å². The van der Waals surface area contributed by atoms with Gasteiger partial charge in [-0.25, -0.2) is 4.98 Å². The summed E-state index contributed by atoms with van der Waals surface area (Å²) in [5, 5.41) is 0.577. The maximum Gasteiger partial charge on any atom is 0.266 e.